The van der Waals surface area contributed by atoms with Crippen LogP contribution in [0.25, 0.3) is 17.1 Å². The fourth-order valence-corrected chi connectivity index (χ4v) is 3.54. The molecular weight excluding hydrogens is 398 g/mol. The Bertz CT molecular complexity index is 1150. The maximum absolute atomic E-state index is 12.2. The van der Waals surface area contributed by atoms with Crippen molar-refractivity contribution in [1.29, 1.82) is 0 Å². The Hall–Kier alpha value is -3.72. The van der Waals surface area contributed by atoms with Crippen molar-refractivity contribution in [2.24, 2.45) is 12.1 Å². The standard InChI is InChI=1S/C21H19N7OS/c1-27-14-16(13-23-27)12-22-24-19(29)15-30-21-26-25-20(17-8-4-2-5-9-17)28(21)18-10-6-3-7-11-18/h2-14H,15H2,1H3,(H,24,29)/b22-12+. The van der Waals surface area contributed by atoms with Gasteiger partial charge in [0.05, 0.1) is 18.2 Å². The quantitative estimate of drug-likeness (QED) is 0.284. The molecule has 0 spiro atoms. The van der Waals surface area contributed by atoms with Crippen LogP contribution in [0, 0.1) is 0 Å². The molecule has 1 amide bonds. The van der Waals surface area contributed by atoms with Gasteiger partial charge in [-0.2, -0.15) is 10.2 Å². The highest BCUT2D eigenvalue weighted by molar-refractivity contribution is 7.99. The summed E-state index contributed by atoms with van der Waals surface area (Å²) in [4.78, 5) is 12.2. The summed E-state index contributed by atoms with van der Waals surface area (Å²) >= 11 is 1.30. The maximum Gasteiger partial charge on any atom is 0.250 e. The molecule has 2 heterocycles. The molecule has 0 saturated carbocycles. The minimum atomic E-state index is -0.232. The van der Waals surface area contributed by atoms with Crippen LogP contribution >= 0.6 is 11.8 Å². The number of nitrogens with zero attached hydrogens (tertiary/aromatic N) is 6. The fourth-order valence-electron chi connectivity index (χ4n) is 2.80. The maximum atomic E-state index is 12.2. The Balaban J connectivity index is 1.49. The third kappa shape index (κ3) is 4.64. The van der Waals surface area contributed by atoms with Gasteiger partial charge in [-0.3, -0.25) is 14.0 Å². The van der Waals surface area contributed by atoms with Gasteiger partial charge in [-0.25, -0.2) is 5.43 Å². The average molecular weight is 417 g/mol. The van der Waals surface area contributed by atoms with Crippen LogP contribution in [0.1, 0.15) is 5.56 Å². The van der Waals surface area contributed by atoms with Crippen molar-refractivity contribution in [1.82, 2.24) is 30.0 Å². The number of benzene rings is 2. The molecule has 4 aromatic rings. The highest BCUT2D eigenvalue weighted by atomic mass is 32.2. The van der Waals surface area contributed by atoms with Crippen molar-refractivity contribution < 1.29 is 4.79 Å². The number of carbonyl (C=O) groups is 1. The summed E-state index contributed by atoms with van der Waals surface area (Å²) in [5.74, 6) is 0.646. The van der Waals surface area contributed by atoms with E-state index in [0.717, 1.165) is 22.6 Å². The number of hydrogen-bond donors (Lipinski definition) is 1. The molecule has 2 aromatic heterocycles. The summed E-state index contributed by atoms with van der Waals surface area (Å²) in [5.41, 5.74) is 5.21. The minimum Gasteiger partial charge on any atom is -0.275 e. The van der Waals surface area contributed by atoms with Gasteiger partial charge in [0.1, 0.15) is 0 Å². The molecule has 0 aliphatic rings. The summed E-state index contributed by atoms with van der Waals surface area (Å²) in [6.45, 7) is 0. The largest absolute Gasteiger partial charge is 0.275 e. The van der Waals surface area contributed by atoms with Gasteiger partial charge in [0.25, 0.3) is 5.91 Å². The molecule has 4 rings (SSSR count). The number of carbonyl (C=O) groups excluding carboxylic acids is 1. The Morgan fingerprint density at radius 2 is 1.83 bits per heavy atom. The van der Waals surface area contributed by atoms with E-state index in [0.29, 0.717) is 5.16 Å². The SMILES string of the molecule is Cn1cc(/C=N/NC(=O)CSc2nnc(-c3ccccc3)n2-c2ccccc2)cn1. The molecule has 1 N–H and O–H groups in total. The summed E-state index contributed by atoms with van der Waals surface area (Å²) < 4.78 is 3.62. The van der Waals surface area contributed by atoms with E-state index in [2.05, 4.69) is 25.8 Å². The molecule has 0 bridgehead atoms. The van der Waals surface area contributed by atoms with Crippen molar-refractivity contribution in [3.8, 4) is 17.1 Å². The van der Waals surface area contributed by atoms with Gasteiger partial charge in [-0.1, -0.05) is 60.3 Å². The van der Waals surface area contributed by atoms with Gasteiger partial charge in [0.15, 0.2) is 11.0 Å². The summed E-state index contributed by atoms with van der Waals surface area (Å²) in [6, 6.07) is 19.7. The van der Waals surface area contributed by atoms with Crippen molar-refractivity contribution in [2.45, 2.75) is 5.16 Å². The molecule has 0 saturated heterocycles. The second-order valence-corrected chi connectivity index (χ2v) is 7.31. The number of para-hydroxylation sites is 1. The highest BCUT2D eigenvalue weighted by Crippen LogP contribution is 2.27. The first-order valence-electron chi connectivity index (χ1n) is 9.20. The number of amides is 1. The number of aryl methyl sites for hydroxylation is 1. The second-order valence-electron chi connectivity index (χ2n) is 6.37. The van der Waals surface area contributed by atoms with Crippen LogP contribution < -0.4 is 5.43 Å². The molecular formula is C21H19N7OS. The first-order valence-corrected chi connectivity index (χ1v) is 10.2. The van der Waals surface area contributed by atoms with Crippen molar-refractivity contribution in [3.05, 3.63) is 78.6 Å². The minimum absolute atomic E-state index is 0.157. The van der Waals surface area contributed by atoms with Gasteiger partial charge >= 0.3 is 0 Å². The first-order chi connectivity index (χ1) is 14.7. The molecule has 150 valence electrons. The Labute approximate surface area is 177 Å². The van der Waals surface area contributed by atoms with Gasteiger partial charge in [-0.15, -0.1) is 10.2 Å². The van der Waals surface area contributed by atoms with Gasteiger partial charge in [0.2, 0.25) is 0 Å². The van der Waals surface area contributed by atoms with Crippen molar-refractivity contribution in [2.75, 3.05) is 5.75 Å². The molecule has 9 heteroatoms. The lowest BCUT2D eigenvalue weighted by Crippen LogP contribution is -2.20. The molecule has 0 atom stereocenters. The molecule has 0 fully saturated rings. The van der Waals surface area contributed by atoms with E-state index >= 15 is 0 Å². The second kappa shape index (κ2) is 9.19. The number of aromatic nitrogens is 5. The molecule has 2 aromatic carbocycles. The molecule has 0 radical (unpaired) electrons. The zero-order valence-corrected chi connectivity index (χ0v) is 17.0. The van der Waals surface area contributed by atoms with Crippen LogP contribution in [0.2, 0.25) is 0 Å². The van der Waals surface area contributed by atoms with E-state index in [9.17, 15) is 4.79 Å². The molecule has 8 nitrogen and oxygen atoms in total. The molecule has 0 unspecified atom stereocenters. The number of thioether (sulfide) groups is 1. The van der Waals surface area contributed by atoms with Crippen LogP contribution in [0.5, 0.6) is 0 Å². The van der Waals surface area contributed by atoms with Gasteiger partial charge in [0, 0.05) is 30.1 Å². The average Bonchev–Trinajstić information content (AvgIpc) is 3.39. The fraction of sp³-hybridized carbons (Fsp3) is 0.0952. The lowest BCUT2D eigenvalue weighted by molar-refractivity contribution is -0.118. The van der Waals surface area contributed by atoms with E-state index in [-0.39, 0.29) is 11.7 Å². The van der Waals surface area contributed by atoms with E-state index in [1.165, 1.54) is 11.8 Å². The molecule has 0 aliphatic heterocycles. The zero-order valence-electron chi connectivity index (χ0n) is 16.2. The number of hydrazone groups is 1. The smallest absolute Gasteiger partial charge is 0.250 e. The van der Waals surface area contributed by atoms with Crippen LogP contribution in [0.15, 0.2) is 83.3 Å². The third-order valence-electron chi connectivity index (χ3n) is 4.14. The topological polar surface area (TPSA) is 90.0 Å². The Morgan fingerprint density at radius 3 is 2.53 bits per heavy atom. The number of hydrogen-bond acceptors (Lipinski definition) is 6. The van der Waals surface area contributed by atoms with Gasteiger partial charge in [-0.05, 0) is 12.1 Å². The summed E-state index contributed by atoms with van der Waals surface area (Å²) in [5, 5.41) is 17.3. The molecule has 0 aliphatic carbocycles. The first kappa shape index (κ1) is 19.6. The van der Waals surface area contributed by atoms with Gasteiger partial charge < -0.3 is 0 Å². The van der Waals surface area contributed by atoms with Crippen LogP contribution in [-0.2, 0) is 11.8 Å². The van der Waals surface area contributed by atoms with Crippen molar-refractivity contribution in [3.63, 3.8) is 0 Å². The third-order valence-corrected chi connectivity index (χ3v) is 5.07. The van der Waals surface area contributed by atoms with Crippen LogP contribution in [0.3, 0.4) is 0 Å². The van der Waals surface area contributed by atoms with E-state index in [1.807, 2.05) is 72.3 Å². The number of rotatable bonds is 7. The normalized spacial score (nSPS) is 11.1. The van der Waals surface area contributed by atoms with E-state index < -0.39 is 0 Å². The van der Waals surface area contributed by atoms with Crippen LogP contribution in [-0.4, -0.2) is 42.4 Å². The van der Waals surface area contributed by atoms with Crippen LogP contribution in [0.4, 0.5) is 0 Å². The monoisotopic (exact) mass is 417 g/mol. The summed E-state index contributed by atoms with van der Waals surface area (Å²) in [6.07, 6.45) is 5.02. The zero-order chi connectivity index (χ0) is 20.8. The van der Waals surface area contributed by atoms with Crippen molar-refractivity contribution >= 4 is 23.9 Å². The number of nitrogens with one attached hydrogen (secondary N) is 1. The Kier molecular flexibility index (Phi) is 6.00. The summed E-state index contributed by atoms with van der Waals surface area (Å²) in [7, 11) is 1.82. The lowest BCUT2D eigenvalue weighted by Gasteiger charge is -2.10. The Morgan fingerprint density at radius 1 is 1.10 bits per heavy atom. The van der Waals surface area contributed by atoms with E-state index in [1.54, 1.807) is 23.3 Å². The van der Waals surface area contributed by atoms with E-state index in [4.69, 9.17) is 0 Å². The highest BCUT2D eigenvalue weighted by Gasteiger charge is 2.16. The molecule has 30 heavy (non-hydrogen) atoms. The predicted molar refractivity (Wildman–Crippen MR) is 116 cm³/mol. The predicted octanol–water partition coefficient (Wildman–Crippen LogP) is 2.91. The lowest BCUT2D eigenvalue weighted by atomic mass is 10.2.